The van der Waals surface area contributed by atoms with Crippen LogP contribution in [0.25, 0.3) is 0 Å². The number of carbonyl (C=O) groups is 1. The molecule has 102 valence electrons. The molecule has 3 rings (SSSR count). The van der Waals surface area contributed by atoms with Gasteiger partial charge in [-0.25, -0.2) is 4.98 Å². The number of amides is 1. The lowest BCUT2D eigenvalue weighted by Gasteiger charge is -2.32. The Labute approximate surface area is 117 Å². The second-order valence-corrected chi connectivity index (χ2v) is 5.57. The molecule has 3 heterocycles. The van der Waals surface area contributed by atoms with Crippen molar-refractivity contribution in [2.75, 3.05) is 26.3 Å². The standard InChI is InChI=1S/C14H17ClN2O2/c15-13-2-1-11-12(16-13)3-6-17(14(11)18)9-10-4-7-19-8-5-10/h1-2,10H,3-9H2. The highest BCUT2D eigenvalue weighted by atomic mass is 35.5. The molecule has 0 aromatic carbocycles. The molecule has 1 fully saturated rings. The molecule has 5 heteroatoms. The summed E-state index contributed by atoms with van der Waals surface area (Å²) in [5.41, 5.74) is 1.54. The van der Waals surface area contributed by atoms with Crippen LogP contribution >= 0.6 is 11.6 Å². The zero-order chi connectivity index (χ0) is 13.2. The van der Waals surface area contributed by atoms with E-state index >= 15 is 0 Å². The summed E-state index contributed by atoms with van der Waals surface area (Å²) in [4.78, 5) is 18.6. The summed E-state index contributed by atoms with van der Waals surface area (Å²) >= 11 is 5.87. The van der Waals surface area contributed by atoms with Crippen molar-refractivity contribution in [3.63, 3.8) is 0 Å². The van der Waals surface area contributed by atoms with Gasteiger partial charge in [-0.05, 0) is 30.9 Å². The second-order valence-electron chi connectivity index (χ2n) is 5.19. The smallest absolute Gasteiger partial charge is 0.255 e. The minimum absolute atomic E-state index is 0.0944. The maximum atomic E-state index is 12.4. The van der Waals surface area contributed by atoms with Crippen molar-refractivity contribution in [2.45, 2.75) is 19.3 Å². The molecule has 4 nitrogen and oxygen atoms in total. The Bertz CT molecular complexity index is 486. The quantitative estimate of drug-likeness (QED) is 0.780. The first-order valence-electron chi connectivity index (χ1n) is 6.76. The Hall–Kier alpha value is -1.13. The molecule has 1 aromatic heterocycles. The topological polar surface area (TPSA) is 42.4 Å². The molecule has 1 amide bonds. The van der Waals surface area contributed by atoms with Gasteiger partial charge in [0.25, 0.3) is 5.91 Å². The molecular weight excluding hydrogens is 264 g/mol. The average molecular weight is 281 g/mol. The number of carbonyl (C=O) groups excluding carboxylic acids is 1. The number of ether oxygens (including phenoxy) is 1. The lowest BCUT2D eigenvalue weighted by atomic mass is 9.97. The minimum atomic E-state index is 0.0944. The molecule has 2 aliphatic rings. The maximum absolute atomic E-state index is 12.4. The van der Waals surface area contributed by atoms with Gasteiger partial charge in [-0.1, -0.05) is 11.6 Å². The molecule has 1 aromatic rings. The predicted molar refractivity (Wildman–Crippen MR) is 72.4 cm³/mol. The fourth-order valence-corrected chi connectivity index (χ4v) is 2.95. The van der Waals surface area contributed by atoms with E-state index in [2.05, 4.69) is 4.98 Å². The fourth-order valence-electron chi connectivity index (χ4n) is 2.79. The van der Waals surface area contributed by atoms with Crippen LogP contribution in [-0.2, 0) is 11.2 Å². The van der Waals surface area contributed by atoms with Crippen LogP contribution in [-0.4, -0.2) is 42.1 Å². The van der Waals surface area contributed by atoms with E-state index in [1.165, 1.54) is 0 Å². The van der Waals surface area contributed by atoms with Crippen molar-refractivity contribution in [1.29, 1.82) is 0 Å². The fraction of sp³-hybridized carbons (Fsp3) is 0.571. The Morgan fingerprint density at radius 3 is 2.95 bits per heavy atom. The van der Waals surface area contributed by atoms with Gasteiger partial charge in [0.15, 0.2) is 0 Å². The highest BCUT2D eigenvalue weighted by Gasteiger charge is 2.27. The number of nitrogens with zero attached hydrogens (tertiary/aromatic N) is 2. The molecule has 1 saturated heterocycles. The van der Waals surface area contributed by atoms with E-state index in [0.29, 0.717) is 16.6 Å². The zero-order valence-electron chi connectivity index (χ0n) is 10.8. The summed E-state index contributed by atoms with van der Waals surface area (Å²) in [7, 11) is 0. The number of fused-ring (bicyclic) bond motifs is 1. The highest BCUT2D eigenvalue weighted by molar-refractivity contribution is 6.29. The van der Waals surface area contributed by atoms with Gasteiger partial charge in [-0.2, -0.15) is 0 Å². The first-order chi connectivity index (χ1) is 9.24. The first-order valence-corrected chi connectivity index (χ1v) is 7.14. The van der Waals surface area contributed by atoms with Crippen LogP contribution in [0.4, 0.5) is 0 Å². The maximum Gasteiger partial charge on any atom is 0.255 e. The molecule has 0 N–H and O–H groups in total. The number of rotatable bonds is 2. The summed E-state index contributed by atoms with van der Waals surface area (Å²) in [5, 5.41) is 0.462. The van der Waals surface area contributed by atoms with Crippen LogP contribution in [0, 0.1) is 5.92 Å². The third kappa shape index (κ3) is 2.74. The Morgan fingerprint density at radius 1 is 1.37 bits per heavy atom. The molecule has 19 heavy (non-hydrogen) atoms. The van der Waals surface area contributed by atoms with Gasteiger partial charge in [-0.15, -0.1) is 0 Å². The van der Waals surface area contributed by atoms with E-state index in [-0.39, 0.29) is 5.91 Å². The molecule has 0 bridgehead atoms. The third-order valence-electron chi connectivity index (χ3n) is 3.90. The lowest BCUT2D eigenvalue weighted by molar-refractivity contribution is 0.0448. The normalized spacial score (nSPS) is 20.5. The molecule has 0 spiro atoms. The SMILES string of the molecule is O=C1c2ccc(Cl)nc2CCN1CC1CCOCC1. The molecular formula is C14H17ClN2O2. The monoisotopic (exact) mass is 280 g/mol. The van der Waals surface area contributed by atoms with Gasteiger partial charge in [-0.3, -0.25) is 4.79 Å². The summed E-state index contributed by atoms with van der Waals surface area (Å²) < 4.78 is 5.36. The first kappa shape index (κ1) is 12.9. The van der Waals surface area contributed by atoms with E-state index in [9.17, 15) is 4.79 Å². The number of halogens is 1. The van der Waals surface area contributed by atoms with E-state index in [0.717, 1.165) is 51.3 Å². The van der Waals surface area contributed by atoms with E-state index in [1.807, 2.05) is 4.90 Å². The van der Waals surface area contributed by atoms with Crippen molar-refractivity contribution < 1.29 is 9.53 Å². The van der Waals surface area contributed by atoms with Gasteiger partial charge >= 0.3 is 0 Å². The molecule has 0 saturated carbocycles. The van der Waals surface area contributed by atoms with Gasteiger partial charge < -0.3 is 9.64 Å². The minimum Gasteiger partial charge on any atom is -0.381 e. The van der Waals surface area contributed by atoms with E-state index < -0.39 is 0 Å². The van der Waals surface area contributed by atoms with Crippen LogP contribution in [0.5, 0.6) is 0 Å². The van der Waals surface area contributed by atoms with Crippen LogP contribution in [0.2, 0.25) is 5.15 Å². The van der Waals surface area contributed by atoms with Gasteiger partial charge in [0, 0.05) is 32.7 Å². The molecule has 2 aliphatic heterocycles. The largest absolute Gasteiger partial charge is 0.381 e. The van der Waals surface area contributed by atoms with Crippen molar-refractivity contribution in [2.24, 2.45) is 5.92 Å². The summed E-state index contributed by atoms with van der Waals surface area (Å²) in [6.07, 6.45) is 2.90. The van der Waals surface area contributed by atoms with Gasteiger partial charge in [0.1, 0.15) is 5.15 Å². The van der Waals surface area contributed by atoms with Crippen LogP contribution in [0.15, 0.2) is 12.1 Å². The number of hydrogen-bond donors (Lipinski definition) is 0. The zero-order valence-corrected chi connectivity index (χ0v) is 11.5. The number of aromatic nitrogens is 1. The summed E-state index contributed by atoms with van der Waals surface area (Å²) in [6, 6.07) is 3.49. The van der Waals surface area contributed by atoms with Crippen molar-refractivity contribution in [3.05, 3.63) is 28.5 Å². The van der Waals surface area contributed by atoms with Gasteiger partial charge in [0.05, 0.1) is 11.3 Å². The second kappa shape index (κ2) is 5.47. The molecule has 0 unspecified atom stereocenters. The van der Waals surface area contributed by atoms with Crippen molar-refractivity contribution in [1.82, 2.24) is 9.88 Å². The lowest BCUT2D eigenvalue weighted by Crippen LogP contribution is -2.42. The highest BCUT2D eigenvalue weighted by Crippen LogP contribution is 2.23. The number of hydrogen-bond acceptors (Lipinski definition) is 3. The Morgan fingerprint density at radius 2 is 2.16 bits per heavy atom. The van der Waals surface area contributed by atoms with Crippen LogP contribution < -0.4 is 0 Å². The predicted octanol–water partition coefficient (Wildman–Crippen LogP) is 2.16. The van der Waals surface area contributed by atoms with Crippen LogP contribution in [0.3, 0.4) is 0 Å². The number of pyridine rings is 1. The van der Waals surface area contributed by atoms with E-state index in [1.54, 1.807) is 12.1 Å². The van der Waals surface area contributed by atoms with Crippen molar-refractivity contribution >= 4 is 17.5 Å². The Balaban J connectivity index is 1.72. The molecule has 0 atom stereocenters. The van der Waals surface area contributed by atoms with Gasteiger partial charge in [0.2, 0.25) is 0 Å². The van der Waals surface area contributed by atoms with E-state index in [4.69, 9.17) is 16.3 Å². The summed E-state index contributed by atoms with van der Waals surface area (Å²) in [5.74, 6) is 0.663. The average Bonchev–Trinajstić information content (AvgIpc) is 2.43. The third-order valence-corrected chi connectivity index (χ3v) is 4.11. The summed E-state index contributed by atoms with van der Waals surface area (Å²) in [6.45, 7) is 3.22. The molecule has 0 radical (unpaired) electrons. The Kier molecular flexibility index (Phi) is 3.71. The molecule has 0 aliphatic carbocycles. The van der Waals surface area contributed by atoms with Crippen molar-refractivity contribution in [3.8, 4) is 0 Å². The van der Waals surface area contributed by atoms with Crippen LogP contribution in [0.1, 0.15) is 28.9 Å².